The molecule has 1 saturated carbocycles. The van der Waals surface area contributed by atoms with Crippen LogP contribution in [0.4, 0.5) is 0 Å². The Morgan fingerprint density at radius 3 is 2.77 bits per heavy atom. The van der Waals surface area contributed by atoms with Gasteiger partial charge in [-0.2, -0.15) is 0 Å². The van der Waals surface area contributed by atoms with Crippen molar-refractivity contribution in [2.75, 3.05) is 13.6 Å². The highest BCUT2D eigenvalue weighted by atomic mass is 32.1. The number of benzene rings is 1. The van der Waals surface area contributed by atoms with E-state index >= 15 is 0 Å². The molecule has 0 spiro atoms. The van der Waals surface area contributed by atoms with Crippen molar-refractivity contribution in [1.29, 1.82) is 0 Å². The fraction of sp³-hybridized carbons (Fsp3) is 0.607. The first-order chi connectivity index (χ1) is 16.8. The van der Waals surface area contributed by atoms with Crippen LogP contribution < -0.4 is 5.32 Å². The van der Waals surface area contributed by atoms with Gasteiger partial charge in [-0.15, -0.1) is 11.3 Å². The summed E-state index contributed by atoms with van der Waals surface area (Å²) in [5.41, 5.74) is 2.48. The van der Waals surface area contributed by atoms with Crippen molar-refractivity contribution in [3.63, 3.8) is 0 Å². The van der Waals surface area contributed by atoms with E-state index in [1.807, 2.05) is 30.5 Å². The molecule has 1 aromatic carbocycles. The SMILES string of the molecule is CCC[C@@H]1C[C@H](N(C)C(C)C)CC[C@@H]1N1CC[C@H](NC(=O)c2cccc(-c3nc(C)cs3)c2)C1=O. The van der Waals surface area contributed by atoms with E-state index in [9.17, 15) is 9.59 Å². The number of aromatic nitrogens is 1. The average molecular weight is 497 g/mol. The van der Waals surface area contributed by atoms with Crippen molar-refractivity contribution < 1.29 is 9.59 Å². The van der Waals surface area contributed by atoms with Crippen LogP contribution in [-0.4, -0.2) is 64.4 Å². The first kappa shape index (κ1) is 25.8. The van der Waals surface area contributed by atoms with Crippen LogP contribution in [0.2, 0.25) is 0 Å². The molecule has 0 unspecified atom stereocenters. The Balaban J connectivity index is 1.41. The number of hydrogen-bond donors (Lipinski definition) is 1. The van der Waals surface area contributed by atoms with E-state index in [2.05, 4.69) is 47.9 Å². The molecule has 1 aliphatic carbocycles. The summed E-state index contributed by atoms with van der Waals surface area (Å²) in [5.74, 6) is 0.427. The summed E-state index contributed by atoms with van der Waals surface area (Å²) in [7, 11) is 2.23. The number of thiazole rings is 1. The fourth-order valence-corrected chi connectivity index (χ4v) is 6.59. The fourth-order valence-electron chi connectivity index (χ4n) is 5.79. The smallest absolute Gasteiger partial charge is 0.251 e. The zero-order valence-corrected chi connectivity index (χ0v) is 22.6. The number of amides is 2. The van der Waals surface area contributed by atoms with Gasteiger partial charge in [-0.3, -0.25) is 9.59 Å². The molecule has 0 radical (unpaired) electrons. The molecule has 1 aromatic heterocycles. The Hall–Kier alpha value is -2.25. The molecular formula is C28H40N4O2S. The highest BCUT2D eigenvalue weighted by Gasteiger charge is 2.42. The van der Waals surface area contributed by atoms with E-state index in [1.54, 1.807) is 17.4 Å². The molecule has 35 heavy (non-hydrogen) atoms. The number of aryl methyl sites for hydroxylation is 1. The van der Waals surface area contributed by atoms with Crippen molar-refractivity contribution in [3.8, 4) is 10.6 Å². The van der Waals surface area contributed by atoms with Gasteiger partial charge >= 0.3 is 0 Å². The normalized spacial score (nSPS) is 25.0. The van der Waals surface area contributed by atoms with Crippen LogP contribution >= 0.6 is 11.3 Å². The predicted octanol–water partition coefficient (Wildman–Crippen LogP) is 5.13. The molecule has 1 saturated heterocycles. The molecule has 4 rings (SSSR count). The predicted molar refractivity (Wildman–Crippen MR) is 143 cm³/mol. The monoisotopic (exact) mass is 496 g/mol. The summed E-state index contributed by atoms with van der Waals surface area (Å²) in [6, 6.07) is 8.50. The lowest BCUT2D eigenvalue weighted by atomic mass is 9.77. The Labute approximate surface area is 214 Å². The van der Waals surface area contributed by atoms with Crippen LogP contribution in [0.5, 0.6) is 0 Å². The minimum Gasteiger partial charge on any atom is -0.340 e. The standard InChI is InChI=1S/C28H40N4O2S/c1-6-8-20-16-23(31(5)18(2)3)11-12-25(20)32-14-13-24(28(32)34)30-26(33)21-9-7-10-22(15-21)27-29-19(4)17-35-27/h7,9-10,15,17-18,20,23-25H,6,8,11-14,16H2,1-5H3,(H,30,33)/t20-,23-,24+,25+/m1/s1. The van der Waals surface area contributed by atoms with Gasteiger partial charge in [0.15, 0.2) is 0 Å². The van der Waals surface area contributed by atoms with Crippen LogP contribution in [0.1, 0.15) is 75.3 Å². The molecule has 2 amide bonds. The van der Waals surface area contributed by atoms with Gasteiger partial charge in [-0.1, -0.05) is 25.5 Å². The number of hydrogen-bond acceptors (Lipinski definition) is 5. The molecule has 190 valence electrons. The lowest BCUT2D eigenvalue weighted by molar-refractivity contribution is -0.133. The maximum Gasteiger partial charge on any atom is 0.251 e. The molecule has 6 nitrogen and oxygen atoms in total. The van der Waals surface area contributed by atoms with E-state index in [0.29, 0.717) is 30.0 Å². The Bertz CT molecular complexity index is 1040. The topological polar surface area (TPSA) is 65.5 Å². The molecule has 2 aliphatic rings. The summed E-state index contributed by atoms with van der Waals surface area (Å²) in [6.07, 6.45) is 6.29. The molecule has 4 atom stereocenters. The van der Waals surface area contributed by atoms with Crippen LogP contribution in [0.3, 0.4) is 0 Å². The van der Waals surface area contributed by atoms with Crippen molar-refractivity contribution in [2.24, 2.45) is 5.92 Å². The lowest BCUT2D eigenvalue weighted by Gasteiger charge is -2.44. The number of carbonyl (C=O) groups is 2. The number of likely N-dealkylation sites (tertiary alicyclic amines) is 1. The maximum atomic E-state index is 13.4. The second-order valence-electron chi connectivity index (χ2n) is 10.6. The van der Waals surface area contributed by atoms with Gasteiger partial charge in [-0.05, 0) is 78.0 Å². The summed E-state index contributed by atoms with van der Waals surface area (Å²) in [6.45, 7) is 9.45. The van der Waals surface area contributed by atoms with Crippen molar-refractivity contribution in [2.45, 2.75) is 90.4 Å². The Kier molecular flexibility index (Phi) is 8.27. The largest absolute Gasteiger partial charge is 0.340 e. The van der Waals surface area contributed by atoms with Crippen molar-refractivity contribution in [3.05, 3.63) is 40.9 Å². The van der Waals surface area contributed by atoms with E-state index in [-0.39, 0.29) is 17.9 Å². The van der Waals surface area contributed by atoms with Crippen LogP contribution in [-0.2, 0) is 4.79 Å². The molecule has 2 aromatic rings. The Morgan fingerprint density at radius 1 is 1.29 bits per heavy atom. The molecular weight excluding hydrogens is 456 g/mol. The van der Waals surface area contributed by atoms with Gasteiger partial charge in [0.05, 0.1) is 0 Å². The second kappa shape index (κ2) is 11.2. The third kappa shape index (κ3) is 5.78. The summed E-state index contributed by atoms with van der Waals surface area (Å²) < 4.78 is 0. The molecule has 0 bridgehead atoms. The molecule has 1 N–H and O–H groups in total. The van der Waals surface area contributed by atoms with Crippen molar-refractivity contribution in [1.82, 2.24) is 20.1 Å². The van der Waals surface area contributed by atoms with E-state index in [4.69, 9.17) is 0 Å². The van der Waals surface area contributed by atoms with Gasteiger partial charge in [0.25, 0.3) is 5.91 Å². The van der Waals surface area contributed by atoms with E-state index < -0.39 is 6.04 Å². The molecule has 1 aliphatic heterocycles. The highest BCUT2D eigenvalue weighted by Crippen LogP contribution is 2.36. The van der Waals surface area contributed by atoms with Crippen LogP contribution in [0, 0.1) is 12.8 Å². The molecule has 2 heterocycles. The zero-order chi connectivity index (χ0) is 25.1. The van der Waals surface area contributed by atoms with Gasteiger partial charge in [-0.25, -0.2) is 4.98 Å². The Morgan fingerprint density at radius 2 is 2.09 bits per heavy atom. The van der Waals surface area contributed by atoms with E-state index in [1.165, 1.54) is 0 Å². The van der Waals surface area contributed by atoms with Crippen LogP contribution in [0.25, 0.3) is 10.6 Å². The highest BCUT2D eigenvalue weighted by molar-refractivity contribution is 7.13. The van der Waals surface area contributed by atoms with Crippen molar-refractivity contribution >= 4 is 23.2 Å². The van der Waals surface area contributed by atoms with Gasteiger partial charge in [0.2, 0.25) is 5.91 Å². The summed E-state index contributed by atoms with van der Waals surface area (Å²) >= 11 is 1.57. The number of carbonyl (C=O) groups excluding carboxylic acids is 2. The maximum absolute atomic E-state index is 13.4. The zero-order valence-electron chi connectivity index (χ0n) is 21.8. The first-order valence-corrected chi connectivity index (χ1v) is 14.0. The molecule has 2 fully saturated rings. The minimum atomic E-state index is -0.438. The van der Waals surface area contributed by atoms with Crippen LogP contribution in [0.15, 0.2) is 29.6 Å². The second-order valence-corrected chi connectivity index (χ2v) is 11.4. The first-order valence-electron chi connectivity index (χ1n) is 13.1. The van der Waals surface area contributed by atoms with Gasteiger partial charge < -0.3 is 15.1 Å². The summed E-state index contributed by atoms with van der Waals surface area (Å²) in [5, 5.41) is 5.94. The summed E-state index contributed by atoms with van der Waals surface area (Å²) in [4.78, 5) is 35.6. The quantitative estimate of drug-likeness (QED) is 0.550. The molecule has 7 heteroatoms. The lowest BCUT2D eigenvalue weighted by Crippen LogP contribution is -2.51. The third-order valence-electron chi connectivity index (χ3n) is 7.90. The van der Waals surface area contributed by atoms with Gasteiger partial charge in [0, 0.05) is 46.9 Å². The third-order valence-corrected chi connectivity index (χ3v) is 8.91. The number of rotatable bonds is 8. The van der Waals surface area contributed by atoms with Gasteiger partial charge in [0.1, 0.15) is 11.0 Å². The number of nitrogens with one attached hydrogen (secondary N) is 1. The average Bonchev–Trinajstić information content (AvgIpc) is 3.44. The van der Waals surface area contributed by atoms with E-state index in [0.717, 1.165) is 54.9 Å². The number of nitrogens with zero attached hydrogens (tertiary/aromatic N) is 3. The minimum absolute atomic E-state index is 0.0896.